The highest BCUT2D eigenvalue weighted by Crippen LogP contribution is 2.20. The molecular formula is C14H18N4. The Balaban J connectivity index is 2.20. The largest absolute Gasteiger partial charge is 0.326 e. The summed E-state index contributed by atoms with van der Waals surface area (Å²) in [5.41, 5.74) is 8.90. The number of nitrogens with two attached hydrogens (primary N) is 1. The highest BCUT2D eigenvalue weighted by molar-refractivity contribution is 5.56. The van der Waals surface area contributed by atoms with Gasteiger partial charge in [0.1, 0.15) is 0 Å². The van der Waals surface area contributed by atoms with E-state index in [1.54, 1.807) is 0 Å². The van der Waals surface area contributed by atoms with E-state index in [2.05, 4.69) is 16.9 Å². The Morgan fingerprint density at radius 1 is 1.06 bits per heavy atom. The van der Waals surface area contributed by atoms with Gasteiger partial charge < -0.3 is 10.6 Å². The number of benzene rings is 1. The van der Waals surface area contributed by atoms with Gasteiger partial charge in [-0.05, 0) is 29.7 Å². The number of nitrogens with zero attached hydrogens (tertiary/aromatic N) is 3. The SMILES string of the molecule is CCc1cnc(N(C)c2ccc(CN)cc2)nc1. The lowest BCUT2D eigenvalue weighted by Crippen LogP contribution is -2.13. The first-order valence-corrected chi connectivity index (χ1v) is 6.08. The van der Waals surface area contributed by atoms with Gasteiger partial charge in [0.05, 0.1) is 0 Å². The predicted molar refractivity (Wildman–Crippen MR) is 73.8 cm³/mol. The summed E-state index contributed by atoms with van der Waals surface area (Å²) < 4.78 is 0. The van der Waals surface area contributed by atoms with Crippen LogP contribution in [0.3, 0.4) is 0 Å². The molecule has 1 aromatic carbocycles. The van der Waals surface area contributed by atoms with Gasteiger partial charge in [-0.2, -0.15) is 0 Å². The molecule has 0 fully saturated rings. The summed E-state index contributed by atoms with van der Waals surface area (Å²) in [5, 5.41) is 0. The van der Waals surface area contributed by atoms with Crippen molar-refractivity contribution in [1.29, 1.82) is 0 Å². The van der Waals surface area contributed by atoms with Crippen molar-refractivity contribution in [3.8, 4) is 0 Å². The molecule has 18 heavy (non-hydrogen) atoms. The molecule has 2 N–H and O–H groups in total. The van der Waals surface area contributed by atoms with Crippen LogP contribution in [0, 0.1) is 0 Å². The second kappa shape index (κ2) is 5.60. The normalized spacial score (nSPS) is 10.4. The smallest absolute Gasteiger partial charge is 0.229 e. The summed E-state index contributed by atoms with van der Waals surface area (Å²) in [4.78, 5) is 10.7. The van der Waals surface area contributed by atoms with Gasteiger partial charge in [-0.1, -0.05) is 19.1 Å². The van der Waals surface area contributed by atoms with Crippen molar-refractivity contribution in [2.75, 3.05) is 11.9 Å². The molecule has 0 aliphatic carbocycles. The fraction of sp³-hybridized carbons (Fsp3) is 0.286. The first-order chi connectivity index (χ1) is 8.74. The summed E-state index contributed by atoms with van der Waals surface area (Å²) in [5.74, 6) is 0.702. The van der Waals surface area contributed by atoms with Crippen molar-refractivity contribution in [1.82, 2.24) is 9.97 Å². The van der Waals surface area contributed by atoms with E-state index in [0.29, 0.717) is 12.5 Å². The quantitative estimate of drug-likeness (QED) is 0.893. The lowest BCUT2D eigenvalue weighted by molar-refractivity contribution is 0.994. The molecule has 1 heterocycles. The monoisotopic (exact) mass is 242 g/mol. The summed E-state index contributed by atoms with van der Waals surface area (Å²) in [6.07, 6.45) is 4.69. The van der Waals surface area contributed by atoms with Gasteiger partial charge in [0.25, 0.3) is 0 Å². The first kappa shape index (κ1) is 12.5. The van der Waals surface area contributed by atoms with Gasteiger partial charge in [-0.3, -0.25) is 0 Å². The van der Waals surface area contributed by atoms with Gasteiger partial charge in [0, 0.05) is 31.7 Å². The molecule has 0 unspecified atom stereocenters. The zero-order chi connectivity index (χ0) is 13.0. The van der Waals surface area contributed by atoms with Crippen LogP contribution < -0.4 is 10.6 Å². The summed E-state index contributed by atoms with van der Waals surface area (Å²) in [6.45, 7) is 2.65. The maximum Gasteiger partial charge on any atom is 0.229 e. The molecule has 0 radical (unpaired) electrons. The minimum absolute atomic E-state index is 0.561. The lowest BCUT2D eigenvalue weighted by atomic mass is 10.2. The lowest BCUT2D eigenvalue weighted by Gasteiger charge is -2.17. The number of aryl methyl sites for hydroxylation is 1. The van der Waals surface area contributed by atoms with Crippen LogP contribution in [-0.4, -0.2) is 17.0 Å². The van der Waals surface area contributed by atoms with Gasteiger partial charge >= 0.3 is 0 Å². The maximum atomic E-state index is 5.58. The molecule has 4 heteroatoms. The van der Waals surface area contributed by atoms with Crippen LogP contribution in [0.25, 0.3) is 0 Å². The molecule has 0 atom stereocenters. The van der Waals surface area contributed by atoms with E-state index in [4.69, 9.17) is 5.73 Å². The molecular weight excluding hydrogens is 224 g/mol. The molecule has 2 rings (SSSR count). The average Bonchev–Trinajstić information content (AvgIpc) is 2.47. The minimum Gasteiger partial charge on any atom is -0.326 e. The van der Waals surface area contributed by atoms with Gasteiger partial charge in [-0.15, -0.1) is 0 Å². The third-order valence-corrected chi connectivity index (χ3v) is 2.96. The molecule has 4 nitrogen and oxygen atoms in total. The zero-order valence-electron chi connectivity index (χ0n) is 10.8. The van der Waals surface area contributed by atoms with Crippen LogP contribution in [0.5, 0.6) is 0 Å². The van der Waals surface area contributed by atoms with Crippen LogP contribution in [0.1, 0.15) is 18.1 Å². The number of anilines is 2. The van der Waals surface area contributed by atoms with Crippen LogP contribution in [-0.2, 0) is 13.0 Å². The number of aromatic nitrogens is 2. The summed E-state index contributed by atoms with van der Waals surface area (Å²) >= 11 is 0. The molecule has 0 aliphatic rings. The van der Waals surface area contributed by atoms with Crippen LogP contribution in [0.15, 0.2) is 36.7 Å². The zero-order valence-corrected chi connectivity index (χ0v) is 10.8. The Bertz CT molecular complexity index is 443. The van der Waals surface area contributed by atoms with Crippen molar-refractivity contribution in [3.63, 3.8) is 0 Å². The Kier molecular flexibility index (Phi) is 3.89. The van der Waals surface area contributed by atoms with Crippen molar-refractivity contribution in [2.24, 2.45) is 5.73 Å². The van der Waals surface area contributed by atoms with E-state index in [1.807, 2.05) is 48.6 Å². The molecule has 2 aromatic rings. The van der Waals surface area contributed by atoms with Gasteiger partial charge in [0.15, 0.2) is 0 Å². The molecule has 0 amide bonds. The fourth-order valence-corrected chi connectivity index (χ4v) is 1.67. The number of rotatable bonds is 4. The molecule has 0 bridgehead atoms. The third-order valence-electron chi connectivity index (χ3n) is 2.96. The fourth-order valence-electron chi connectivity index (χ4n) is 1.67. The highest BCUT2D eigenvalue weighted by Gasteiger charge is 2.06. The maximum absolute atomic E-state index is 5.58. The number of hydrogen-bond acceptors (Lipinski definition) is 4. The summed E-state index contributed by atoms with van der Waals surface area (Å²) in [7, 11) is 1.96. The van der Waals surface area contributed by atoms with Crippen LogP contribution in [0.4, 0.5) is 11.6 Å². The van der Waals surface area contributed by atoms with Gasteiger partial charge in [-0.25, -0.2) is 9.97 Å². The Morgan fingerprint density at radius 3 is 2.17 bits per heavy atom. The van der Waals surface area contributed by atoms with Crippen molar-refractivity contribution in [2.45, 2.75) is 19.9 Å². The van der Waals surface area contributed by atoms with Crippen LogP contribution >= 0.6 is 0 Å². The van der Waals surface area contributed by atoms with Crippen molar-refractivity contribution < 1.29 is 0 Å². The average molecular weight is 242 g/mol. The standard InChI is InChI=1S/C14H18N4/c1-3-11-9-16-14(17-10-11)18(2)13-6-4-12(8-15)5-7-13/h4-7,9-10H,3,8,15H2,1-2H3. The molecule has 0 saturated heterocycles. The Hall–Kier alpha value is -1.94. The predicted octanol–water partition coefficient (Wildman–Crippen LogP) is 2.27. The van der Waals surface area contributed by atoms with E-state index in [9.17, 15) is 0 Å². The number of hydrogen-bond donors (Lipinski definition) is 1. The van der Waals surface area contributed by atoms with E-state index >= 15 is 0 Å². The van der Waals surface area contributed by atoms with Crippen molar-refractivity contribution in [3.05, 3.63) is 47.8 Å². The molecule has 94 valence electrons. The molecule has 0 saturated carbocycles. The van der Waals surface area contributed by atoms with E-state index in [-0.39, 0.29) is 0 Å². The van der Waals surface area contributed by atoms with E-state index in [0.717, 1.165) is 23.2 Å². The third kappa shape index (κ3) is 2.65. The second-order valence-electron chi connectivity index (χ2n) is 4.17. The minimum atomic E-state index is 0.561. The molecule has 0 spiro atoms. The van der Waals surface area contributed by atoms with E-state index in [1.165, 1.54) is 0 Å². The topological polar surface area (TPSA) is 55.0 Å². The van der Waals surface area contributed by atoms with Gasteiger partial charge in [0.2, 0.25) is 5.95 Å². The highest BCUT2D eigenvalue weighted by atomic mass is 15.2. The summed E-state index contributed by atoms with van der Waals surface area (Å²) in [6, 6.07) is 8.09. The first-order valence-electron chi connectivity index (χ1n) is 6.08. The molecule has 0 aliphatic heterocycles. The van der Waals surface area contributed by atoms with E-state index < -0.39 is 0 Å². The van der Waals surface area contributed by atoms with Crippen molar-refractivity contribution >= 4 is 11.6 Å². The Morgan fingerprint density at radius 2 is 1.67 bits per heavy atom. The second-order valence-corrected chi connectivity index (χ2v) is 4.17. The molecule has 1 aromatic heterocycles. The Labute approximate surface area is 107 Å². The van der Waals surface area contributed by atoms with Crippen LogP contribution in [0.2, 0.25) is 0 Å².